The van der Waals surface area contributed by atoms with Gasteiger partial charge in [0.15, 0.2) is 5.76 Å². The van der Waals surface area contributed by atoms with Crippen molar-refractivity contribution in [2.45, 2.75) is 6.54 Å². The van der Waals surface area contributed by atoms with Gasteiger partial charge in [0, 0.05) is 44.9 Å². The largest absolute Gasteiger partial charge is 0.459 e. The Hall–Kier alpha value is -3.64. The molecule has 28 heavy (non-hydrogen) atoms. The summed E-state index contributed by atoms with van der Waals surface area (Å²) in [4.78, 5) is 18.8. The van der Waals surface area contributed by atoms with Gasteiger partial charge in [-0.3, -0.25) is 15.0 Å². The molecule has 0 radical (unpaired) electrons. The maximum atomic E-state index is 10.7. The highest BCUT2D eigenvalue weighted by molar-refractivity contribution is 5.55. The van der Waals surface area contributed by atoms with Crippen LogP contribution in [0.25, 0.3) is 11.7 Å². The second kappa shape index (κ2) is 7.54. The van der Waals surface area contributed by atoms with Crippen molar-refractivity contribution in [3.63, 3.8) is 0 Å². The third-order valence-electron chi connectivity index (χ3n) is 4.66. The smallest absolute Gasteiger partial charge is 0.269 e. The van der Waals surface area contributed by atoms with E-state index in [1.54, 1.807) is 24.3 Å². The molecule has 0 saturated carbocycles. The van der Waals surface area contributed by atoms with Crippen LogP contribution in [-0.4, -0.2) is 41.0 Å². The molecule has 1 aliphatic rings. The number of nitro benzene ring substituents is 1. The Morgan fingerprint density at radius 3 is 2.54 bits per heavy atom. The van der Waals surface area contributed by atoms with E-state index in [-0.39, 0.29) is 11.4 Å². The summed E-state index contributed by atoms with van der Waals surface area (Å²) >= 11 is 0. The van der Waals surface area contributed by atoms with Crippen molar-refractivity contribution in [2.75, 3.05) is 31.1 Å². The predicted molar refractivity (Wildman–Crippen MR) is 99.5 cm³/mol. The van der Waals surface area contributed by atoms with Gasteiger partial charge in [-0.15, -0.1) is 0 Å². The number of hydrogen-bond acceptors (Lipinski definition) is 8. The average molecular weight is 379 g/mol. The Labute approximate surface area is 160 Å². The maximum Gasteiger partial charge on any atom is 0.269 e. The fourth-order valence-corrected chi connectivity index (χ4v) is 3.20. The first-order valence-electron chi connectivity index (χ1n) is 8.79. The number of nitrogens with zero attached hydrogens (tertiary/aromatic N) is 5. The molecule has 4 rings (SSSR count). The highest BCUT2D eigenvalue weighted by Gasteiger charge is 2.25. The third kappa shape index (κ3) is 3.58. The topological polar surface area (TPSA) is 113 Å². The van der Waals surface area contributed by atoms with Crippen LogP contribution < -0.4 is 4.90 Å². The molecule has 0 amide bonds. The molecule has 2 aromatic heterocycles. The van der Waals surface area contributed by atoms with Crippen LogP contribution in [0.4, 0.5) is 11.6 Å². The zero-order valence-corrected chi connectivity index (χ0v) is 14.9. The predicted octanol–water partition coefficient (Wildman–Crippen LogP) is 3.04. The Kier molecular flexibility index (Phi) is 4.78. The van der Waals surface area contributed by atoms with Crippen molar-refractivity contribution >= 4 is 11.6 Å². The Morgan fingerprint density at radius 1 is 1.18 bits per heavy atom. The molecule has 1 aromatic carbocycles. The molecule has 3 heterocycles. The van der Waals surface area contributed by atoms with Gasteiger partial charge >= 0.3 is 0 Å². The number of non-ortho nitro benzene ring substituents is 1. The van der Waals surface area contributed by atoms with Crippen LogP contribution in [0.15, 0.2) is 51.5 Å². The molecular formula is C19H17N5O4. The molecule has 1 fully saturated rings. The molecule has 0 unspecified atom stereocenters. The third-order valence-corrected chi connectivity index (χ3v) is 4.66. The molecule has 0 aliphatic carbocycles. The molecule has 9 nitrogen and oxygen atoms in total. The lowest BCUT2D eigenvalue weighted by atomic mass is 10.2. The van der Waals surface area contributed by atoms with Crippen LogP contribution in [0, 0.1) is 21.4 Å². The number of nitriles is 1. The van der Waals surface area contributed by atoms with Gasteiger partial charge in [-0.2, -0.15) is 10.2 Å². The molecule has 1 aliphatic heterocycles. The SMILES string of the molecule is N#Cc1nc(-c2ccco2)oc1N1CCN(Cc2ccc([N+](=O)[O-])cc2)CC1. The summed E-state index contributed by atoms with van der Waals surface area (Å²) in [5, 5.41) is 20.1. The fraction of sp³-hybridized carbons (Fsp3) is 0.263. The van der Waals surface area contributed by atoms with Gasteiger partial charge in [-0.25, -0.2) is 0 Å². The molecule has 0 spiro atoms. The van der Waals surface area contributed by atoms with Crippen molar-refractivity contribution in [2.24, 2.45) is 0 Å². The molecule has 1 saturated heterocycles. The van der Waals surface area contributed by atoms with Crippen LogP contribution in [0.1, 0.15) is 11.3 Å². The van der Waals surface area contributed by atoms with Crippen LogP contribution in [0.5, 0.6) is 0 Å². The Bertz CT molecular complexity index is 996. The quantitative estimate of drug-likeness (QED) is 0.491. The average Bonchev–Trinajstić information content (AvgIpc) is 3.38. The van der Waals surface area contributed by atoms with Crippen molar-refractivity contribution in [1.29, 1.82) is 5.26 Å². The molecule has 9 heteroatoms. The summed E-state index contributed by atoms with van der Waals surface area (Å²) in [6.45, 7) is 3.64. The normalized spacial score (nSPS) is 14.8. The summed E-state index contributed by atoms with van der Waals surface area (Å²) in [6.07, 6.45) is 1.53. The van der Waals surface area contributed by atoms with Gasteiger partial charge in [0.25, 0.3) is 11.6 Å². The zero-order valence-electron chi connectivity index (χ0n) is 14.9. The van der Waals surface area contributed by atoms with Crippen molar-refractivity contribution in [3.8, 4) is 17.7 Å². The Balaban J connectivity index is 1.40. The monoisotopic (exact) mass is 379 g/mol. The molecule has 142 valence electrons. The summed E-state index contributed by atoms with van der Waals surface area (Å²) in [5.74, 6) is 1.24. The molecule has 3 aromatic rings. The number of hydrogen-bond donors (Lipinski definition) is 0. The van der Waals surface area contributed by atoms with E-state index in [9.17, 15) is 15.4 Å². The van der Waals surface area contributed by atoms with E-state index in [2.05, 4.69) is 16.0 Å². The van der Waals surface area contributed by atoms with E-state index >= 15 is 0 Å². The van der Waals surface area contributed by atoms with Crippen LogP contribution in [0.3, 0.4) is 0 Å². The van der Waals surface area contributed by atoms with E-state index in [1.807, 2.05) is 4.90 Å². The Morgan fingerprint density at radius 2 is 1.93 bits per heavy atom. The minimum absolute atomic E-state index is 0.0929. The van der Waals surface area contributed by atoms with Crippen LogP contribution >= 0.6 is 0 Å². The molecular weight excluding hydrogens is 362 g/mol. The number of nitro groups is 1. The van der Waals surface area contributed by atoms with Crippen molar-refractivity contribution < 1.29 is 13.8 Å². The standard InChI is InChI=1S/C19H17N5O4/c20-12-16-19(28-18(21-16)17-2-1-11-27-17)23-9-7-22(8-10-23)13-14-3-5-15(6-4-14)24(25)26/h1-6,11H,7-10,13H2. The number of furan rings is 1. The van der Waals surface area contributed by atoms with E-state index in [4.69, 9.17) is 8.83 Å². The fourth-order valence-electron chi connectivity index (χ4n) is 3.20. The maximum absolute atomic E-state index is 10.7. The first kappa shape index (κ1) is 17.8. The summed E-state index contributed by atoms with van der Waals surface area (Å²) in [6, 6.07) is 12.2. The van der Waals surface area contributed by atoms with E-state index in [0.717, 1.165) is 18.7 Å². The highest BCUT2D eigenvalue weighted by Crippen LogP contribution is 2.29. The van der Waals surface area contributed by atoms with Crippen LogP contribution in [0.2, 0.25) is 0 Å². The second-order valence-corrected chi connectivity index (χ2v) is 6.45. The lowest BCUT2D eigenvalue weighted by Gasteiger charge is -2.34. The summed E-state index contributed by atoms with van der Waals surface area (Å²) in [5.41, 5.74) is 1.36. The number of anilines is 1. The lowest BCUT2D eigenvalue weighted by Crippen LogP contribution is -2.46. The second-order valence-electron chi connectivity index (χ2n) is 6.45. The minimum atomic E-state index is -0.399. The zero-order chi connectivity index (χ0) is 19.5. The number of oxazole rings is 1. The van der Waals surface area contributed by atoms with Gasteiger partial charge in [-0.1, -0.05) is 12.1 Å². The number of benzene rings is 1. The van der Waals surface area contributed by atoms with Gasteiger partial charge in [0.2, 0.25) is 11.6 Å². The lowest BCUT2D eigenvalue weighted by molar-refractivity contribution is -0.384. The first-order valence-corrected chi connectivity index (χ1v) is 8.79. The summed E-state index contributed by atoms with van der Waals surface area (Å²) in [7, 11) is 0. The summed E-state index contributed by atoms with van der Waals surface area (Å²) < 4.78 is 11.1. The van der Waals surface area contributed by atoms with E-state index in [1.165, 1.54) is 18.4 Å². The van der Waals surface area contributed by atoms with Gasteiger partial charge in [0.05, 0.1) is 11.2 Å². The van der Waals surface area contributed by atoms with E-state index in [0.29, 0.717) is 37.2 Å². The molecule has 0 N–H and O–H groups in total. The first-order chi connectivity index (χ1) is 13.6. The van der Waals surface area contributed by atoms with Crippen LogP contribution in [-0.2, 0) is 6.54 Å². The van der Waals surface area contributed by atoms with Crippen molar-refractivity contribution in [3.05, 3.63) is 64.0 Å². The molecule has 0 atom stereocenters. The highest BCUT2D eigenvalue weighted by atomic mass is 16.6. The number of aromatic nitrogens is 1. The van der Waals surface area contributed by atoms with Gasteiger partial charge in [0.1, 0.15) is 6.07 Å². The van der Waals surface area contributed by atoms with Gasteiger partial charge in [-0.05, 0) is 17.7 Å². The number of rotatable bonds is 5. The van der Waals surface area contributed by atoms with Gasteiger partial charge < -0.3 is 13.7 Å². The van der Waals surface area contributed by atoms with E-state index < -0.39 is 4.92 Å². The molecule has 0 bridgehead atoms. The van der Waals surface area contributed by atoms with Crippen molar-refractivity contribution in [1.82, 2.24) is 9.88 Å². The number of piperazine rings is 1. The minimum Gasteiger partial charge on any atom is -0.459 e.